The monoisotopic (exact) mass is 242 g/mol. The third-order valence-corrected chi connectivity index (χ3v) is 1.73. The zero-order valence-corrected chi connectivity index (χ0v) is 8.93. The summed E-state index contributed by atoms with van der Waals surface area (Å²) in [5, 5.41) is 2.40. The molecule has 0 aliphatic carbocycles. The van der Waals surface area contributed by atoms with Crippen LogP contribution < -0.4 is 5.32 Å². The molecule has 0 atom stereocenters. The summed E-state index contributed by atoms with van der Waals surface area (Å²) in [7, 11) is 0. The summed E-state index contributed by atoms with van der Waals surface area (Å²) in [6, 6.07) is 1.74. The molecule has 0 radical (unpaired) electrons. The average molecular weight is 242 g/mol. The molecule has 90 valence electrons. The Morgan fingerprint density at radius 3 is 2.82 bits per heavy atom. The summed E-state index contributed by atoms with van der Waals surface area (Å²) >= 11 is 0. The average Bonchev–Trinajstić information content (AvgIpc) is 2.23. The van der Waals surface area contributed by atoms with Gasteiger partial charge in [-0.15, -0.1) is 0 Å². The molecule has 1 amide bonds. The van der Waals surface area contributed by atoms with Crippen LogP contribution in [0.3, 0.4) is 0 Å². The predicted molar refractivity (Wildman–Crippen MR) is 54.8 cm³/mol. The maximum Gasteiger partial charge on any atom is 0.416 e. The van der Waals surface area contributed by atoms with Gasteiger partial charge in [-0.2, -0.15) is 13.2 Å². The summed E-state index contributed by atoms with van der Waals surface area (Å²) in [6.07, 6.45) is -3.36. The minimum Gasteiger partial charge on any atom is -0.345 e. The van der Waals surface area contributed by atoms with Crippen molar-refractivity contribution in [3.63, 3.8) is 0 Å². The molecule has 1 aromatic heterocycles. The number of alkyl halides is 3. The fourth-order valence-electron chi connectivity index (χ4n) is 0.979. The van der Waals surface area contributed by atoms with E-state index in [0.717, 1.165) is 18.3 Å². The van der Waals surface area contributed by atoms with Crippen molar-refractivity contribution >= 4 is 5.91 Å². The van der Waals surface area contributed by atoms with Crippen LogP contribution in [0.15, 0.2) is 18.3 Å². The molecule has 0 saturated carbocycles. The molecule has 1 N–H and O–H groups in total. The molecule has 1 rings (SSSR count). The predicted octanol–water partition coefficient (Wildman–Crippen LogP) is 1.59. The van der Waals surface area contributed by atoms with E-state index in [9.17, 15) is 18.0 Å². The maximum atomic E-state index is 12.3. The van der Waals surface area contributed by atoms with E-state index in [1.807, 2.05) is 0 Å². The minimum absolute atomic E-state index is 0.0187. The van der Waals surface area contributed by atoms with E-state index < -0.39 is 11.7 Å². The Morgan fingerprint density at radius 2 is 2.24 bits per heavy atom. The van der Waals surface area contributed by atoms with Crippen molar-refractivity contribution < 1.29 is 18.0 Å². The summed E-state index contributed by atoms with van der Waals surface area (Å²) in [5.41, 5.74) is -0.776. The third-order valence-electron chi connectivity index (χ3n) is 1.73. The molecular weight excluding hydrogens is 233 g/mol. The number of halogens is 3. The van der Waals surface area contributed by atoms with E-state index in [1.54, 1.807) is 0 Å². The molecule has 17 heavy (non-hydrogen) atoms. The standard InChI is InChI=1S/C11H9F3N2O/c1-8(17)15-5-2-3-10-7-9(4-6-16-10)11(12,13)14/h4,6-7H,5H2,1H3,(H,15,17). The molecule has 6 heteroatoms. The molecular formula is C11H9F3N2O. The van der Waals surface area contributed by atoms with Crippen molar-refractivity contribution in [1.29, 1.82) is 0 Å². The van der Waals surface area contributed by atoms with Gasteiger partial charge in [-0.05, 0) is 18.1 Å². The number of pyridine rings is 1. The third kappa shape index (κ3) is 4.55. The highest BCUT2D eigenvalue weighted by atomic mass is 19.4. The van der Waals surface area contributed by atoms with Crippen LogP contribution >= 0.6 is 0 Å². The Bertz CT molecular complexity index is 472. The first-order chi connectivity index (χ1) is 7.89. The van der Waals surface area contributed by atoms with E-state index in [4.69, 9.17) is 0 Å². The Labute approximate surface area is 96.0 Å². The van der Waals surface area contributed by atoms with E-state index in [0.29, 0.717) is 0 Å². The summed E-state index contributed by atoms with van der Waals surface area (Å²) in [6.45, 7) is 1.40. The molecule has 0 unspecified atom stereocenters. The minimum atomic E-state index is -4.41. The van der Waals surface area contributed by atoms with Crippen molar-refractivity contribution in [2.75, 3.05) is 6.54 Å². The lowest BCUT2D eigenvalue weighted by molar-refractivity contribution is -0.137. The molecule has 0 saturated heterocycles. The van der Waals surface area contributed by atoms with Crippen LogP contribution in [0.1, 0.15) is 18.2 Å². The summed E-state index contributed by atoms with van der Waals surface area (Å²) in [5.74, 6) is 4.68. The molecule has 0 spiro atoms. The number of carbonyl (C=O) groups is 1. The van der Waals surface area contributed by atoms with Gasteiger partial charge in [-0.25, -0.2) is 4.98 Å². The van der Waals surface area contributed by atoms with E-state index in [2.05, 4.69) is 22.1 Å². The highest BCUT2D eigenvalue weighted by Gasteiger charge is 2.30. The maximum absolute atomic E-state index is 12.3. The lowest BCUT2D eigenvalue weighted by Gasteiger charge is -2.05. The van der Waals surface area contributed by atoms with Gasteiger partial charge in [0, 0.05) is 13.1 Å². The topological polar surface area (TPSA) is 42.0 Å². The van der Waals surface area contributed by atoms with Crippen molar-refractivity contribution in [2.24, 2.45) is 0 Å². The van der Waals surface area contributed by atoms with Crippen molar-refractivity contribution in [3.05, 3.63) is 29.6 Å². The van der Waals surface area contributed by atoms with Crippen molar-refractivity contribution in [2.45, 2.75) is 13.1 Å². The van der Waals surface area contributed by atoms with Crippen LogP contribution in [0.25, 0.3) is 0 Å². The molecule has 1 aromatic rings. The second-order valence-electron chi connectivity index (χ2n) is 3.14. The first-order valence-electron chi connectivity index (χ1n) is 4.66. The highest BCUT2D eigenvalue weighted by molar-refractivity contribution is 5.73. The van der Waals surface area contributed by atoms with Gasteiger partial charge in [0.1, 0.15) is 5.69 Å². The van der Waals surface area contributed by atoms with Crippen molar-refractivity contribution in [1.82, 2.24) is 10.3 Å². The SMILES string of the molecule is CC(=O)NCC#Cc1cc(C(F)(F)F)ccn1. The van der Waals surface area contributed by atoms with Crippen LogP contribution in [0.4, 0.5) is 13.2 Å². The van der Waals surface area contributed by atoms with Gasteiger partial charge in [-0.3, -0.25) is 4.79 Å². The number of hydrogen-bond donors (Lipinski definition) is 1. The zero-order chi connectivity index (χ0) is 12.9. The van der Waals surface area contributed by atoms with E-state index >= 15 is 0 Å². The number of carbonyl (C=O) groups excluding carboxylic acids is 1. The summed E-state index contributed by atoms with van der Waals surface area (Å²) in [4.78, 5) is 14.2. The Morgan fingerprint density at radius 1 is 1.53 bits per heavy atom. The van der Waals surface area contributed by atoms with Gasteiger partial charge in [0.15, 0.2) is 0 Å². The molecule has 1 heterocycles. The van der Waals surface area contributed by atoms with Crippen LogP contribution in [-0.4, -0.2) is 17.4 Å². The fraction of sp³-hybridized carbons (Fsp3) is 0.273. The van der Waals surface area contributed by atoms with Crippen molar-refractivity contribution in [3.8, 4) is 11.8 Å². The number of nitrogens with one attached hydrogen (secondary N) is 1. The van der Waals surface area contributed by atoms with E-state index in [-0.39, 0.29) is 18.1 Å². The van der Waals surface area contributed by atoms with Crippen LogP contribution in [0.5, 0.6) is 0 Å². The smallest absolute Gasteiger partial charge is 0.345 e. The molecule has 0 aromatic carbocycles. The summed E-state index contributed by atoms with van der Waals surface area (Å²) < 4.78 is 37.0. The van der Waals surface area contributed by atoms with Crippen LogP contribution in [-0.2, 0) is 11.0 Å². The number of aromatic nitrogens is 1. The molecule has 0 bridgehead atoms. The zero-order valence-electron chi connectivity index (χ0n) is 8.93. The molecule has 3 nitrogen and oxygen atoms in total. The number of amides is 1. The molecule has 0 fully saturated rings. The first-order valence-corrected chi connectivity index (χ1v) is 4.66. The molecule has 0 aliphatic rings. The molecule has 0 aliphatic heterocycles. The number of hydrogen-bond acceptors (Lipinski definition) is 2. The fourth-order valence-corrected chi connectivity index (χ4v) is 0.979. The van der Waals surface area contributed by atoms with Gasteiger partial charge >= 0.3 is 6.18 Å². The van der Waals surface area contributed by atoms with Gasteiger partial charge < -0.3 is 5.32 Å². The Balaban J connectivity index is 2.76. The second kappa shape index (κ2) is 5.34. The Kier molecular flexibility index (Phi) is 4.10. The van der Waals surface area contributed by atoms with E-state index in [1.165, 1.54) is 6.92 Å². The largest absolute Gasteiger partial charge is 0.416 e. The highest BCUT2D eigenvalue weighted by Crippen LogP contribution is 2.28. The lowest BCUT2D eigenvalue weighted by Crippen LogP contribution is -2.19. The normalized spacial score (nSPS) is 10.4. The van der Waals surface area contributed by atoms with Gasteiger partial charge in [0.25, 0.3) is 0 Å². The van der Waals surface area contributed by atoms with Crippen LogP contribution in [0.2, 0.25) is 0 Å². The Hall–Kier alpha value is -2.03. The second-order valence-corrected chi connectivity index (χ2v) is 3.14. The number of nitrogens with zero attached hydrogens (tertiary/aromatic N) is 1. The van der Waals surface area contributed by atoms with Crippen LogP contribution in [0, 0.1) is 11.8 Å². The van der Waals surface area contributed by atoms with Gasteiger partial charge in [0.05, 0.1) is 12.1 Å². The lowest BCUT2D eigenvalue weighted by atomic mass is 10.2. The van der Waals surface area contributed by atoms with Gasteiger partial charge in [0.2, 0.25) is 5.91 Å². The quantitative estimate of drug-likeness (QED) is 0.760. The van der Waals surface area contributed by atoms with Gasteiger partial charge in [-0.1, -0.05) is 5.92 Å². The number of rotatable bonds is 1. The first kappa shape index (κ1) is 13.0.